The molecule has 1 heterocycles. The molecule has 0 spiro atoms. The lowest BCUT2D eigenvalue weighted by atomic mass is 10.2. The molecule has 0 bridgehead atoms. The molecule has 0 aliphatic rings. The third-order valence-electron chi connectivity index (χ3n) is 3.04. The van der Waals surface area contributed by atoms with Gasteiger partial charge in [-0.1, -0.05) is 0 Å². The van der Waals surface area contributed by atoms with Crippen molar-refractivity contribution in [3.8, 4) is 0 Å². The number of imidazole rings is 1. The van der Waals surface area contributed by atoms with Crippen molar-refractivity contribution >= 4 is 29.2 Å². The van der Waals surface area contributed by atoms with Gasteiger partial charge in [0, 0.05) is 19.5 Å². The third-order valence-corrected chi connectivity index (χ3v) is 3.36. The van der Waals surface area contributed by atoms with Crippen LogP contribution in [0.25, 0.3) is 11.0 Å². The second-order valence-electron chi connectivity index (χ2n) is 4.51. The van der Waals surface area contributed by atoms with Crippen LogP contribution < -0.4 is 5.32 Å². The second-order valence-corrected chi connectivity index (χ2v) is 4.90. The van der Waals surface area contributed by atoms with Crippen LogP contribution in [0.15, 0.2) is 18.2 Å². The number of halogens is 3. The highest BCUT2D eigenvalue weighted by atomic mass is 32.1. The number of nitrogens with zero attached hydrogens (tertiary/aromatic N) is 1. The van der Waals surface area contributed by atoms with E-state index in [0.717, 1.165) is 12.1 Å². The normalized spacial score (nSPS) is 11.8. The van der Waals surface area contributed by atoms with Crippen molar-refractivity contribution in [2.24, 2.45) is 0 Å². The van der Waals surface area contributed by atoms with Gasteiger partial charge in [0.2, 0.25) is 5.91 Å². The number of rotatable bonds is 4. The van der Waals surface area contributed by atoms with Gasteiger partial charge in [0.05, 0.1) is 16.6 Å². The number of nitrogens with one attached hydrogen (secondary N) is 2. The molecule has 0 aliphatic heterocycles. The lowest BCUT2D eigenvalue weighted by molar-refractivity contribution is -0.137. The number of carbonyl (C=O) groups is 1. The van der Waals surface area contributed by atoms with E-state index >= 15 is 0 Å². The maximum atomic E-state index is 12.7. The molecule has 0 unspecified atom stereocenters. The summed E-state index contributed by atoms with van der Waals surface area (Å²) in [6.07, 6.45) is -4.18. The maximum Gasteiger partial charge on any atom is 0.416 e. The number of alkyl halides is 3. The van der Waals surface area contributed by atoms with E-state index in [1.54, 1.807) is 4.57 Å². The molecule has 0 saturated carbocycles. The van der Waals surface area contributed by atoms with Gasteiger partial charge in [0.25, 0.3) is 0 Å². The molecule has 114 valence electrons. The Hall–Kier alpha value is -1.83. The molecule has 0 fully saturated rings. The monoisotopic (exact) mass is 317 g/mol. The molecule has 0 atom stereocenters. The number of aromatic amines is 1. The highest BCUT2D eigenvalue weighted by molar-refractivity contribution is 7.71. The van der Waals surface area contributed by atoms with E-state index in [-0.39, 0.29) is 12.3 Å². The summed E-state index contributed by atoms with van der Waals surface area (Å²) in [5, 5.41) is 2.66. The van der Waals surface area contributed by atoms with Crippen LogP contribution in [0.3, 0.4) is 0 Å². The molecule has 2 rings (SSSR count). The van der Waals surface area contributed by atoms with E-state index in [1.807, 2.05) is 6.92 Å². The summed E-state index contributed by atoms with van der Waals surface area (Å²) in [4.78, 5) is 14.2. The molecule has 4 nitrogen and oxygen atoms in total. The average molecular weight is 317 g/mol. The van der Waals surface area contributed by atoms with Gasteiger partial charge in [0.15, 0.2) is 4.77 Å². The summed E-state index contributed by atoms with van der Waals surface area (Å²) in [6, 6.07) is 3.39. The van der Waals surface area contributed by atoms with E-state index in [1.165, 1.54) is 6.07 Å². The van der Waals surface area contributed by atoms with Crippen LogP contribution in [0, 0.1) is 4.77 Å². The number of carbonyl (C=O) groups excluding carboxylic acids is 1. The summed E-state index contributed by atoms with van der Waals surface area (Å²) in [7, 11) is 0. The predicted octanol–water partition coefficient (Wildman–Crippen LogP) is 3.24. The van der Waals surface area contributed by atoms with Gasteiger partial charge in [-0.25, -0.2) is 0 Å². The Kier molecular flexibility index (Phi) is 4.36. The van der Waals surface area contributed by atoms with E-state index in [4.69, 9.17) is 12.2 Å². The van der Waals surface area contributed by atoms with Crippen molar-refractivity contribution in [1.29, 1.82) is 0 Å². The van der Waals surface area contributed by atoms with Crippen molar-refractivity contribution in [3.05, 3.63) is 28.5 Å². The Morgan fingerprint density at radius 3 is 2.76 bits per heavy atom. The van der Waals surface area contributed by atoms with Crippen molar-refractivity contribution in [2.45, 2.75) is 26.1 Å². The van der Waals surface area contributed by atoms with Gasteiger partial charge in [-0.05, 0) is 37.3 Å². The van der Waals surface area contributed by atoms with E-state index in [9.17, 15) is 18.0 Å². The van der Waals surface area contributed by atoms with Crippen LogP contribution in [0.1, 0.15) is 18.9 Å². The Labute approximate surface area is 124 Å². The van der Waals surface area contributed by atoms with Gasteiger partial charge in [-0.3, -0.25) is 4.79 Å². The summed E-state index contributed by atoms with van der Waals surface area (Å²) >= 11 is 5.10. The first kappa shape index (κ1) is 15.6. The fourth-order valence-corrected chi connectivity index (χ4v) is 2.36. The zero-order valence-corrected chi connectivity index (χ0v) is 12.1. The number of amides is 1. The van der Waals surface area contributed by atoms with Gasteiger partial charge >= 0.3 is 6.18 Å². The molecule has 0 radical (unpaired) electrons. The van der Waals surface area contributed by atoms with Crippen LogP contribution >= 0.6 is 12.2 Å². The van der Waals surface area contributed by atoms with E-state index in [2.05, 4.69) is 10.3 Å². The zero-order chi connectivity index (χ0) is 15.6. The predicted molar refractivity (Wildman–Crippen MR) is 75.4 cm³/mol. The first-order valence-corrected chi connectivity index (χ1v) is 6.80. The minimum atomic E-state index is -4.40. The highest BCUT2D eigenvalue weighted by Gasteiger charge is 2.30. The quantitative estimate of drug-likeness (QED) is 0.851. The third kappa shape index (κ3) is 3.44. The Balaban J connectivity index is 2.31. The van der Waals surface area contributed by atoms with Gasteiger partial charge < -0.3 is 14.9 Å². The van der Waals surface area contributed by atoms with Gasteiger partial charge in [-0.2, -0.15) is 13.2 Å². The fourth-order valence-electron chi connectivity index (χ4n) is 2.06. The SMILES string of the molecule is CCNC(=O)CCn1c(=S)[nH]c2cc(C(F)(F)F)ccc21. The molecular weight excluding hydrogens is 303 g/mol. The van der Waals surface area contributed by atoms with Crippen molar-refractivity contribution < 1.29 is 18.0 Å². The first-order chi connectivity index (χ1) is 9.82. The molecule has 0 aliphatic carbocycles. The van der Waals surface area contributed by atoms with Crippen LogP contribution in [0.5, 0.6) is 0 Å². The smallest absolute Gasteiger partial charge is 0.356 e. The van der Waals surface area contributed by atoms with E-state index in [0.29, 0.717) is 28.9 Å². The summed E-state index contributed by atoms with van der Waals surface area (Å²) < 4.78 is 39.9. The maximum absolute atomic E-state index is 12.7. The number of benzene rings is 1. The second kappa shape index (κ2) is 5.88. The molecule has 8 heteroatoms. The molecule has 0 saturated heterocycles. The zero-order valence-electron chi connectivity index (χ0n) is 11.3. The number of aryl methyl sites for hydroxylation is 1. The highest BCUT2D eigenvalue weighted by Crippen LogP contribution is 2.31. The summed E-state index contributed by atoms with van der Waals surface area (Å²) in [5.41, 5.74) is 0.130. The molecule has 1 aromatic carbocycles. The minimum Gasteiger partial charge on any atom is -0.356 e. The number of fused-ring (bicyclic) bond motifs is 1. The van der Waals surface area contributed by atoms with Crippen molar-refractivity contribution in [1.82, 2.24) is 14.9 Å². The number of hydrogen-bond acceptors (Lipinski definition) is 2. The molecule has 2 aromatic rings. The first-order valence-electron chi connectivity index (χ1n) is 6.39. The largest absolute Gasteiger partial charge is 0.416 e. The number of hydrogen-bond donors (Lipinski definition) is 2. The van der Waals surface area contributed by atoms with Crippen molar-refractivity contribution in [2.75, 3.05) is 6.54 Å². The van der Waals surface area contributed by atoms with Crippen LogP contribution in [0.4, 0.5) is 13.2 Å². The standard InChI is InChI=1S/C13H14F3N3OS/c1-2-17-11(20)5-6-19-10-4-3-8(13(14,15)16)7-9(10)18-12(19)21/h3-4,7H,2,5-6H2,1H3,(H,17,20)(H,18,21). The molecule has 1 amide bonds. The Morgan fingerprint density at radius 2 is 2.14 bits per heavy atom. The Morgan fingerprint density at radius 1 is 1.43 bits per heavy atom. The van der Waals surface area contributed by atoms with Crippen LogP contribution in [-0.4, -0.2) is 22.0 Å². The van der Waals surface area contributed by atoms with E-state index < -0.39 is 11.7 Å². The topological polar surface area (TPSA) is 49.8 Å². The van der Waals surface area contributed by atoms with Gasteiger partial charge in [0.1, 0.15) is 0 Å². The number of H-pyrrole nitrogens is 1. The van der Waals surface area contributed by atoms with Gasteiger partial charge in [-0.15, -0.1) is 0 Å². The molecular formula is C13H14F3N3OS. The average Bonchev–Trinajstić information content (AvgIpc) is 2.70. The van der Waals surface area contributed by atoms with Crippen LogP contribution in [-0.2, 0) is 17.5 Å². The molecule has 1 aromatic heterocycles. The lowest BCUT2D eigenvalue weighted by Gasteiger charge is -2.07. The molecule has 21 heavy (non-hydrogen) atoms. The summed E-state index contributed by atoms with van der Waals surface area (Å²) in [6.45, 7) is 2.66. The lowest BCUT2D eigenvalue weighted by Crippen LogP contribution is -2.23. The van der Waals surface area contributed by atoms with Crippen molar-refractivity contribution in [3.63, 3.8) is 0 Å². The number of aromatic nitrogens is 2. The molecule has 2 N–H and O–H groups in total. The minimum absolute atomic E-state index is 0.124. The summed E-state index contributed by atoms with van der Waals surface area (Å²) in [5.74, 6) is -0.124. The Bertz CT molecular complexity index is 718. The van der Waals surface area contributed by atoms with Crippen LogP contribution in [0.2, 0.25) is 0 Å². The fraction of sp³-hybridized carbons (Fsp3) is 0.385.